The third-order valence-electron chi connectivity index (χ3n) is 6.67. The molecule has 57 heavy (non-hydrogen) atoms. The Kier molecular flexibility index (Phi) is 51.6. The van der Waals surface area contributed by atoms with Crippen LogP contribution in [0.5, 0.6) is 0 Å². The maximum atomic E-state index is 10.3. The van der Waals surface area contributed by atoms with Gasteiger partial charge in [0.15, 0.2) is 0 Å². The van der Waals surface area contributed by atoms with Crippen molar-refractivity contribution in [1.29, 1.82) is 0 Å². The highest BCUT2D eigenvalue weighted by molar-refractivity contribution is 5.66. The van der Waals surface area contributed by atoms with Gasteiger partial charge >= 0.3 is 5.97 Å². The molecule has 0 unspecified atom stereocenters. The molecule has 0 saturated carbocycles. The minimum Gasteiger partial charge on any atom is -0.481 e. The van der Waals surface area contributed by atoms with Crippen LogP contribution in [0.25, 0.3) is 0 Å². The van der Waals surface area contributed by atoms with E-state index in [4.69, 9.17) is 91.4 Å². The lowest BCUT2D eigenvalue weighted by molar-refractivity contribution is -0.138. The molecule has 0 aliphatic carbocycles. The SMILES string of the molecule is NCCOCCOCCOCCOCCOCCOCCOCCOCCOCCOCCOCCOCCOCCOCCOCCOCCOCCC(=O)O. The van der Waals surface area contributed by atoms with Crippen molar-refractivity contribution >= 4 is 5.97 Å². The average Bonchev–Trinajstić information content (AvgIpc) is 3.21. The standard InChI is InChI=1S/C37H75NO19/c38-2-4-42-6-8-44-10-12-46-14-16-48-18-20-50-22-24-52-26-28-54-30-32-56-34-36-57-35-33-55-31-29-53-27-25-51-23-21-49-19-17-47-15-13-45-11-9-43-7-5-41-3-1-37(39)40/h1-36,38H2,(H,39,40). The number of rotatable bonds is 53. The lowest BCUT2D eigenvalue weighted by Gasteiger charge is -2.09. The van der Waals surface area contributed by atoms with Gasteiger partial charge < -0.3 is 91.4 Å². The van der Waals surface area contributed by atoms with E-state index in [1.54, 1.807) is 0 Å². The maximum absolute atomic E-state index is 10.3. The van der Waals surface area contributed by atoms with Gasteiger partial charge in [0.25, 0.3) is 0 Å². The van der Waals surface area contributed by atoms with Gasteiger partial charge in [-0.2, -0.15) is 0 Å². The molecular formula is C37H75NO19. The first-order valence-corrected chi connectivity index (χ1v) is 20.0. The Morgan fingerprint density at radius 2 is 0.368 bits per heavy atom. The van der Waals surface area contributed by atoms with Crippen molar-refractivity contribution in [2.75, 3.05) is 231 Å². The van der Waals surface area contributed by atoms with Crippen LogP contribution in [0.15, 0.2) is 0 Å². The van der Waals surface area contributed by atoms with Gasteiger partial charge in [0.1, 0.15) is 0 Å². The molecular weight excluding hydrogens is 762 g/mol. The van der Waals surface area contributed by atoms with E-state index in [1.165, 1.54) is 0 Å². The Morgan fingerprint density at radius 1 is 0.246 bits per heavy atom. The number of nitrogens with two attached hydrogens (primary N) is 1. The fourth-order valence-corrected chi connectivity index (χ4v) is 3.86. The number of carboxylic acid groups (broad SMARTS) is 1. The summed E-state index contributed by atoms with van der Waals surface area (Å²) in [6, 6.07) is 0. The van der Waals surface area contributed by atoms with E-state index in [0.717, 1.165) is 0 Å². The summed E-state index contributed by atoms with van der Waals surface area (Å²) < 4.78 is 92.1. The monoisotopic (exact) mass is 837 g/mol. The van der Waals surface area contributed by atoms with Gasteiger partial charge in [0.05, 0.1) is 231 Å². The molecule has 0 spiro atoms. The molecule has 0 aromatic heterocycles. The summed E-state index contributed by atoms with van der Waals surface area (Å²) in [6.07, 6.45) is -0.00648. The Morgan fingerprint density at radius 3 is 0.491 bits per heavy atom. The van der Waals surface area contributed by atoms with Gasteiger partial charge in [-0.3, -0.25) is 4.79 Å². The van der Waals surface area contributed by atoms with Crippen LogP contribution in [-0.4, -0.2) is 242 Å². The molecule has 0 saturated heterocycles. The maximum Gasteiger partial charge on any atom is 0.305 e. The Labute approximate surface area is 339 Å². The Bertz CT molecular complexity index is 749. The van der Waals surface area contributed by atoms with Gasteiger partial charge in [0.2, 0.25) is 0 Å². The van der Waals surface area contributed by atoms with Crippen LogP contribution in [0, 0.1) is 0 Å². The Hall–Kier alpha value is -1.25. The van der Waals surface area contributed by atoms with Gasteiger partial charge in [-0.25, -0.2) is 0 Å². The molecule has 0 aromatic carbocycles. The average molecular weight is 838 g/mol. The number of ether oxygens (including phenoxy) is 17. The second-order valence-electron chi connectivity index (χ2n) is 11.3. The van der Waals surface area contributed by atoms with Crippen molar-refractivity contribution in [3.05, 3.63) is 0 Å². The molecule has 0 fully saturated rings. The summed E-state index contributed by atoms with van der Waals surface area (Å²) in [5, 5.41) is 8.50. The molecule has 20 heteroatoms. The fourth-order valence-electron chi connectivity index (χ4n) is 3.86. The van der Waals surface area contributed by atoms with E-state index in [1.807, 2.05) is 0 Å². The zero-order chi connectivity index (χ0) is 41.1. The van der Waals surface area contributed by atoms with Gasteiger partial charge in [0, 0.05) is 6.54 Å². The quantitative estimate of drug-likeness (QED) is 0.0752. The summed E-state index contributed by atoms with van der Waals surface area (Å²) in [4.78, 5) is 10.3. The highest BCUT2D eigenvalue weighted by Gasteiger charge is 1.99. The second-order valence-corrected chi connectivity index (χ2v) is 11.3. The molecule has 0 amide bonds. The first-order valence-electron chi connectivity index (χ1n) is 20.0. The van der Waals surface area contributed by atoms with Crippen LogP contribution in [0.1, 0.15) is 6.42 Å². The summed E-state index contributed by atoms with van der Waals surface area (Å²) in [6.45, 7) is 16.8. The molecule has 3 N–H and O–H groups in total. The van der Waals surface area contributed by atoms with E-state index >= 15 is 0 Å². The molecule has 20 nitrogen and oxygen atoms in total. The van der Waals surface area contributed by atoms with Crippen molar-refractivity contribution in [2.45, 2.75) is 6.42 Å². The van der Waals surface area contributed by atoms with E-state index in [-0.39, 0.29) is 13.0 Å². The van der Waals surface area contributed by atoms with Crippen molar-refractivity contribution < 1.29 is 90.4 Å². The summed E-state index contributed by atoms with van der Waals surface area (Å²) in [7, 11) is 0. The van der Waals surface area contributed by atoms with Crippen molar-refractivity contribution in [3.8, 4) is 0 Å². The minimum absolute atomic E-state index is 0.00648. The Balaban J connectivity index is 3.06. The molecule has 342 valence electrons. The zero-order valence-corrected chi connectivity index (χ0v) is 34.3. The number of aliphatic carboxylic acids is 1. The first-order chi connectivity index (χ1) is 28.3. The third kappa shape index (κ3) is 54.8. The number of carboxylic acids is 1. The van der Waals surface area contributed by atoms with Crippen molar-refractivity contribution in [3.63, 3.8) is 0 Å². The predicted molar refractivity (Wildman–Crippen MR) is 205 cm³/mol. The van der Waals surface area contributed by atoms with Gasteiger partial charge in [-0.15, -0.1) is 0 Å². The largest absolute Gasteiger partial charge is 0.481 e. The zero-order valence-electron chi connectivity index (χ0n) is 34.3. The van der Waals surface area contributed by atoms with E-state index < -0.39 is 5.97 Å². The van der Waals surface area contributed by atoms with Crippen LogP contribution in [0.4, 0.5) is 0 Å². The van der Waals surface area contributed by atoms with Crippen LogP contribution >= 0.6 is 0 Å². The second kappa shape index (κ2) is 52.8. The minimum atomic E-state index is -0.877. The highest BCUT2D eigenvalue weighted by Crippen LogP contribution is 1.89. The first kappa shape index (κ1) is 55.8. The fraction of sp³-hybridized carbons (Fsp3) is 0.973. The van der Waals surface area contributed by atoms with E-state index in [0.29, 0.717) is 225 Å². The van der Waals surface area contributed by atoms with Crippen LogP contribution in [-0.2, 0) is 85.3 Å². The lowest BCUT2D eigenvalue weighted by atomic mass is 10.5. The lowest BCUT2D eigenvalue weighted by Crippen LogP contribution is -2.16. The van der Waals surface area contributed by atoms with E-state index in [9.17, 15) is 4.79 Å². The summed E-state index contributed by atoms with van der Waals surface area (Å²) >= 11 is 0. The number of carbonyl (C=O) groups is 1. The topological polar surface area (TPSA) is 220 Å². The molecule has 0 aliphatic rings. The van der Waals surface area contributed by atoms with Crippen LogP contribution in [0.2, 0.25) is 0 Å². The predicted octanol–water partition coefficient (Wildman–Crippen LogP) is -0.298. The van der Waals surface area contributed by atoms with Crippen LogP contribution in [0.3, 0.4) is 0 Å². The number of hydrogen-bond donors (Lipinski definition) is 2. The number of hydrogen-bond acceptors (Lipinski definition) is 19. The molecule has 0 atom stereocenters. The van der Waals surface area contributed by atoms with Gasteiger partial charge in [-0.1, -0.05) is 0 Å². The highest BCUT2D eigenvalue weighted by atomic mass is 16.6. The smallest absolute Gasteiger partial charge is 0.305 e. The molecule has 0 radical (unpaired) electrons. The van der Waals surface area contributed by atoms with Gasteiger partial charge in [-0.05, 0) is 0 Å². The summed E-state index contributed by atoms with van der Waals surface area (Å²) in [5.74, 6) is -0.877. The molecule has 0 bridgehead atoms. The molecule has 0 rings (SSSR count). The van der Waals surface area contributed by atoms with Crippen molar-refractivity contribution in [2.24, 2.45) is 5.73 Å². The normalized spacial score (nSPS) is 11.6. The van der Waals surface area contributed by atoms with E-state index in [2.05, 4.69) is 0 Å². The van der Waals surface area contributed by atoms with Crippen molar-refractivity contribution in [1.82, 2.24) is 0 Å². The molecule has 0 aromatic rings. The molecule has 0 aliphatic heterocycles. The molecule has 0 heterocycles. The summed E-state index contributed by atoms with van der Waals surface area (Å²) in [5.41, 5.74) is 5.33. The van der Waals surface area contributed by atoms with Crippen LogP contribution < -0.4 is 5.73 Å². The third-order valence-corrected chi connectivity index (χ3v) is 6.67.